The van der Waals surface area contributed by atoms with Crippen molar-refractivity contribution in [3.8, 4) is 0 Å². The normalized spacial score (nSPS) is 24.4. The summed E-state index contributed by atoms with van der Waals surface area (Å²) >= 11 is 3.49. The van der Waals surface area contributed by atoms with E-state index in [-0.39, 0.29) is 11.7 Å². The van der Waals surface area contributed by atoms with Crippen LogP contribution in [0.5, 0.6) is 0 Å². The van der Waals surface area contributed by atoms with Crippen molar-refractivity contribution >= 4 is 28.8 Å². The molecule has 3 rings (SSSR count). The third-order valence-corrected chi connectivity index (χ3v) is 6.75. The van der Waals surface area contributed by atoms with Crippen LogP contribution in [0.2, 0.25) is 0 Å². The van der Waals surface area contributed by atoms with Crippen LogP contribution in [0, 0.1) is 0 Å². The van der Waals surface area contributed by atoms with Gasteiger partial charge in [-0.15, -0.1) is 11.3 Å². The van der Waals surface area contributed by atoms with Gasteiger partial charge in [-0.1, -0.05) is 29.1 Å². The summed E-state index contributed by atoms with van der Waals surface area (Å²) in [5.74, 6) is 0. The second kappa shape index (κ2) is 7.91. The summed E-state index contributed by atoms with van der Waals surface area (Å²) in [6.07, 6.45) is 2.00. The second-order valence-corrected chi connectivity index (χ2v) is 8.59. The Morgan fingerprint density at radius 2 is 2.16 bits per heavy atom. The first-order chi connectivity index (χ1) is 12.1. The molecule has 0 unspecified atom stereocenters. The Bertz CT molecular complexity index is 741. The van der Waals surface area contributed by atoms with Crippen LogP contribution in [-0.4, -0.2) is 30.7 Å². The molecule has 2 atom stereocenters. The van der Waals surface area contributed by atoms with Gasteiger partial charge in [0.2, 0.25) is 0 Å². The van der Waals surface area contributed by atoms with Crippen LogP contribution < -0.4 is 0 Å². The zero-order valence-electron chi connectivity index (χ0n) is 14.7. The lowest BCUT2D eigenvalue weighted by Gasteiger charge is -2.38. The van der Waals surface area contributed by atoms with Crippen LogP contribution in [0.4, 0.5) is 0 Å². The second-order valence-electron chi connectivity index (χ2n) is 6.30. The third-order valence-electron chi connectivity index (χ3n) is 4.66. The van der Waals surface area contributed by atoms with E-state index in [1.165, 1.54) is 9.77 Å². The van der Waals surface area contributed by atoms with E-state index in [1.54, 1.807) is 37.1 Å². The Labute approximate surface area is 156 Å². The number of methoxy groups -OCH3 is 1. The van der Waals surface area contributed by atoms with Gasteiger partial charge in [0, 0.05) is 24.8 Å². The first-order valence-corrected chi connectivity index (χ1v) is 9.98. The molecule has 0 saturated carbocycles. The number of thiophene rings is 1. The number of oxime groups is 1. The highest BCUT2D eigenvalue weighted by molar-refractivity contribution is 8.01. The Kier molecular flexibility index (Phi) is 5.84. The van der Waals surface area contributed by atoms with E-state index in [0.29, 0.717) is 5.71 Å². The molecular weight excluding hydrogens is 354 g/mol. The average molecular weight is 378 g/mol. The van der Waals surface area contributed by atoms with Gasteiger partial charge in [-0.2, -0.15) is 0 Å². The lowest BCUT2D eigenvalue weighted by molar-refractivity contribution is -0.122. The number of rotatable bonds is 5. The highest BCUT2D eigenvalue weighted by Crippen LogP contribution is 2.42. The molecule has 0 radical (unpaired) electrons. The van der Waals surface area contributed by atoms with E-state index < -0.39 is 0 Å². The maximum atomic E-state index is 8.85. The van der Waals surface area contributed by atoms with Crippen molar-refractivity contribution in [1.82, 2.24) is 0 Å². The van der Waals surface area contributed by atoms with Crippen molar-refractivity contribution in [3.63, 3.8) is 0 Å². The lowest BCUT2D eigenvalue weighted by atomic mass is 9.85. The minimum absolute atomic E-state index is 0.216. The van der Waals surface area contributed by atoms with Gasteiger partial charge in [0.05, 0.1) is 28.2 Å². The summed E-state index contributed by atoms with van der Waals surface area (Å²) in [5, 5.41) is 14.3. The number of nitrogens with zero attached hydrogens (tertiary/aromatic N) is 1. The standard InChI is InChI=1S/C19H23NO3S2/c1-13-11-19(22-3,8-9-23-13)16-10-18(24-12-16)25-17-6-4-15(5-7-17)14(2)20-21/h4-7,10,12-13,21H,8-9,11H2,1-3H3/b20-14+/t13-,19+/m0/s1. The smallest absolute Gasteiger partial charge is 0.0982 e. The van der Waals surface area contributed by atoms with Crippen LogP contribution >= 0.6 is 23.1 Å². The molecule has 2 heterocycles. The van der Waals surface area contributed by atoms with Crippen LogP contribution in [0.3, 0.4) is 0 Å². The maximum absolute atomic E-state index is 8.85. The first-order valence-electron chi connectivity index (χ1n) is 8.29. The molecule has 6 heteroatoms. The van der Waals surface area contributed by atoms with E-state index in [1.807, 2.05) is 12.1 Å². The van der Waals surface area contributed by atoms with E-state index in [4.69, 9.17) is 14.7 Å². The summed E-state index contributed by atoms with van der Waals surface area (Å²) in [6, 6.07) is 10.3. The van der Waals surface area contributed by atoms with Crippen LogP contribution in [0.25, 0.3) is 0 Å². The van der Waals surface area contributed by atoms with Gasteiger partial charge in [0.15, 0.2) is 0 Å². The van der Waals surface area contributed by atoms with Gasteiger partial charge in [0.25, 0.3) is 0 Å². The van der Waals surface area contributed by atoms with Gasteiger partial charge in [-0.3, -0.25) is 0 Å². The summed E-state index contributed by atoms with van der Waals surface area (Å²) in [7, 11) is 1.80. The molecule has 134 valence electrons. The quantitative estimate of drug-likeness (QED) is 0.445. The fourth-order valence-corrected chi connectivity index (χ4v) is 5.20. The van der Waals surface area contributed by atoms with Crippen LogP contribution in [0.15, 0.2) is 50.0 Å². The number of benzene rings is 1. The zero-order chi connectivity index (χ0) is 17.9. The molecule has 1 aromatic heterocycles. The molecule has 2 aromatic rings. The molecule has 0 amide bonds. The monoisotopic (exact) mass is 377 g/mol. The average Bonchev–Trinajstić information content (AvgIpc) is 3.10. The third kappa shape index (κ3) is 4.08. The largest absolute Gasteiger partial charge is 0.411 e. The molecular formula is C19H23NO3S2. The SMILES string of the molecule is CO[C@]1(c2csc(Sc3ccc(/C(C)=N/O)cc3)c2)CCO[C@@H](C)C1. The zero-order valence-corrected chi connectivity index (χ0v) is 16.3. The van der Waals surface area contributed by atoms with E-state index in [9.17, 15) is 0 Å². The van der Waals surface area contributed by atoms with Gasteiger partial charge in [0.1, 0.15) is 0 Å². The molecule has 1 N–H and O–H groups in total. The highest BCUT2D eigenvalue weighted by Gasteiger charge is 2.38. The molecule has 0 aliphatic carbocycles. The fraction of sp³-hybridized carbons (Fsp3) is 0.421. The van der Waals surface area contributed by atoms with E-state index in [0.717, 1.165) is 29.9 Å². The molecule has 4 nitrogen and oxygen atoms in total. The van der Waals surface area contributed by atoms with Crippen molar-refractivity contribution in [3.05, 3.63) is 46.8 Å². The van der Waals surface area contributed by atoms with Crippen molar-refractivity contribution in [2.24, 2.45) is 5.16 Å². The fourth-order valence-electron chi connectivity index (χ4n) is 3.16. The van der Waals surface area contributed by atoms with Crippen LogP contribution in [-0.2, 0) is 15.1 Å². The lowest BCUT2D eigenvalue weighted by Crippen LogP contribution is -2.38. The topological polar surface area (TPSA) is 51.0 Å². The van der Waals surface area contributed by atoms with Crippen molar-refractivity contribution < 1.29 is 14.7 Å². The summed E-state index contributed by atoms with van der Waals surface area (Å²) in [4.78, 5) is 1.16. The molecule has 1 aliphatic heterocycles. The van der Waals surface area contributed by atoms with Gasteiger partial charge >= 0.3 is 0 Å². The molecule has 1 saturated heterocycles. The Morgan fingerprint density at radius 3 is 2.80 bits per heavy atom. The number of hydrogen-bond acceptors (Lipinski definition) is 6. The van der Waals surface area contributed by atoms with Gasteiger partial charge in [-0.25, -0.2) is 0 Å². The summed E-state index contributed by atoms with van der Waals surface area (Å²) in [5.41, 5.74) is 2.56. The Hall–Kier alpha value is -1.34. The van der Waals surface area contributed by atoms with E-state index >= 15 is 0 Å². The predicted octanol–water partition coefficient (Wildman–Crippen LogP) is 5.14. The molecule has 25 heavy (non-hydrogen) atoms. The molecule has 1 aliphatic rings. The Balaban J connectivity index is 1.75. The maximum Gasteiger partial charge on any atom is 0.0982 e. The molecule has 0 spiro atoms. The van der Waals surface area contributed by atoms with Crippen molar-refractivity contribution in [2.45, 2.75) is 47.5 Å². The van der Waals surface area contributed by atoms with E-state index in [2.05, 4.69) is 35.7 Å². The number of ether oxygens (including phenoxy) is 2. The minimum atomic E-state index is -0.231. The molecule has 1 aromatic carbocycles. The van der Waals surface area contributed by atoms with Gasteiger partial charge in [-0.05, 0) is 48.6 Å². The number of hydrogen-bond donors (Lipinski definition) is 1. The minimum Gasteiger partial charge on any atom is -0.411 e. The highest BCUT2D eigenvalue weighted by atomic mass is 32.2. The summed E-state index contributed by atoms with van der Waals surface area (Å²) < 4.78 is 12.9. The first kappa shape index (κ1) is 18.5. The van der Waals surface area contributed by atoms with Gasteiger partial charge < -0.3 is 14.7 Å². The summed E-state index contributed by atoms with van der Waals surface area (Å²) in [6.45, 7) is 4.63. The molecule has 1 fully saturated rings. The van der Waals surface area contributed by atoms with Crippen molar-refractivity contribution in [2.75, 3.05) is 13.7 Å². The van der Waals surface area contributed by atoms with Crippen LogP contribution in [0.1, 0.15) is 37.8 Å². The Morgan fingerprint density at radius 1 is 1.40 bits per heavy atom. The van der Waals surface area contributed by atoms with Crippen molar-refractivity contribution in [1.29, 1.82) is 0 Å². The molecule has 0 bridgehead atoms. The predicted molar refractivity (Wildman–Crippen MR) is 102 cm³/mol.